The van der Waals surface area contributed by atoms with E-state index in [1.165, 1.54) is 11.8 Å². The maximum Gasteiger partial charge on any atom is 0.294 e. The van der Waals surface area contributed by atoms with E-state index in [-0.39, 0.29) is 12.6 Å². The first kappa shape index (κ1) is 20.7. The Balaban J connectivity index is 2.04. The van der Waals surface area contributed by atoms with Gasteiger partial charge < -0.3 is 9.64 Å². The monoisotopic (exact) mass is 419 g/mol. The van der Waals surface area contributed by atoms with Crippen LogP contribution >= 0.6 is 24.0 Å². The van der Waals surface area contributed by atoms with Crippen LogP contribution in [0, 0.1) is 0 Å². The Morgan fingerprint density at radius 3 is 2.43 bits per heavy atom. The van der Waals surface area contributed by atoms with Gasteiger partial charge in [-0.2, -0.15) is 0 Å². The quantitative estimate of drug-likeness (QED) is 0.341. The van der Waals surface area contributed by atoms with Gasteiger partial charge >= 0.3 is 0 Å². The number of anilines is 1. The van der Waals surface area contributed by atoms with Crippen LogP contribution in [-0.4, -0.2) is 47.1 Å². The summed E-state index contributed by atoms with van der Waals surface area (Å²) in [6.45, 7) is 6.02. The van der Waals surface area contributed by atoms with Crippen molar-refractivity contribution < 1.29 is 14.3 Å². The van der Waals surface area contributed by atoms with E-state index in [9.17, 15) is 9.59 Å². The van der Waals surface area contributed by atoms with Gasteiger partial charge in [-0.1, -0.05) is 50.6 Å². The third-order valence-corrected chi connectivity index (χ3v) is 6.35. The first-order valence-electron chi connectivity index (χ1n) is 9.61. The number of hydrogen-bond acceptors (Lipinski definition) is 6. The molecular weight excluding hydrogens is 394 g/mol. The Bertz CT molecular complexity index is 797. The minimum Gasteiger partial charge on any atom is -0.446 e. The number of amides is 1. The summed E-state index contributed by atoms with van der Waals surface area (Å²) in [4.78, 5) is 30.7. The molecule has 2 aliphatic heterocycles. The summed E-state index contributed by atoms with van der Waals surface area (Å²) in [7, 11) is 0. The van der Waals surface area contributed by atoms with Crippen LogP contribution in [0.15, 0.2) is 39.9 Å². The molecule has 0 unspecified atom stereocenters. The zero-order chi connectivity index (χ0) is 20.1. The second kappa shape index (κ2) is 9.43. The van der Waals surface area contributed by atoms with E-state index in [2.05, 4.69) is 13.8 Å². The highest BCUT2D eigenvalue weighted by atomic mass is 32.2. The number of rotatable bonds is 9. The zero-order valence-electron chi connectivity index (χ0n) is 16.2. The first-order valence-corrected chi connectivity index (χ1v) is 10.8. The Labute approximate surface area is 175 Å². The molecule has 1 aromatic carbocycles. The molecular formula is C20H25N3O3S2. The largest absolute Gasteiger partial charge is 0.446 e. The third kappa shape index (κ3) is 3.89. The van der Waals surface area contributed by atoms with Gasteiger partial charge in [0.2, 0.25) is 0 Å². The van der Waals surface area contributed by atoms with Gasteiger partial charge in [0.1, 0.15) is 10.7 Å². The fourth-order valence-corrected chi connectivity index (χ4v) is 4.81. The van der Waals surface area contributed by atoms with Crippen molar-refractivity contribution in [1.29, 1.82) is 0 Å². The van der Waals surface area contributed by atoms with E-state index < -0.39 is 0 Å². The molecule has 0 bridgehead atoms. The second-order valence-electron chi connectivity index (χ2n) is 6.64. The summed E-state index contributed by atoms with van der Waals surface area (Å²) < 4.78 is 5.06. The van der Waals surface area contributed by atoms with E-state index in [1.54, 1.807) is 4.90 Å². The third-order valence-electron chi connectivity index (χ3n) is 4.73. The summed E-state index contributed by atoms with van der Waals surface area (Å²) in [5, 5.41) is 1.34. The molecule has 1 aromatic rings. The lowest BCUT2D eigenvalue weighted by Crippen LogP contribution is -2.34. The van der Waals surface area contributed by atoms with Crippen LogP contribution in [-0.2, 0) is 14.3 Å². The van der Waals surface area contributed by atoms with Crippen LogP contribution in [0.25, 0.3) is 0 Å². The van der Waals surface area contributed by atoms with Gasteiger partial charge in [-0.05, 0) is 37.2 Å². The van der Waals surface area contributed by atoms with Crippen molar-refractivity contribution >= 4 is 47.2 Å². The number of carbonyl (C=O) groups is 2. The molecule has 0 aromatic heterocycles. The van der Waals surface area contributed by atoms with Gasteiger partial charge in [-0.15, -0.1) is 0 Å². The molecule has 1 saturated heterocycles. The molecule has 2 aliphatic rings. The Morgan fingerprint density at radius 2 is 1.75 bits per heavy atom. The van der Waals surface area contributed by atoms with Crippen LogP contribution in [0.5, 0.6) is 0 Å². The number of thiocarbonyl (C=S) groups is 1. The fourth-order valence-electron chi connectivity index (χ4n) is 3.26. The van der Waals surface area contributed by atoms with Gasteiger partial charge in [0.25, 0.3) is 12.4 Å². The number of ether oxygens (including phenoxy) is 1. The molecule has 28 heavy (non-hydrogen) atoms. The van der Waals surface area contributed by atoms with Crippen LogP contribution in [0.2, 0.25) is 0 Å². The predicted molar refractivity (Wildman–Crippen MR) is 115 cm³/mol. The average Bonchev–Trinajstić information content (AvgIpc) is 3.17. The molecule has 1 amide bonds. The van der Waals surface area contributed by atoms with E-state index in [0.29, 0.717) is 30.4 Å². The molecule has 0 atom stereocenters. The van der Waals surface area contributed by atoms with Crippen molar-refractivity contribution in [3.63, 3.8) is 0 Å². The summed E-state index contributed by atoms with van der Waals surface area (Å²) in [6, 6.07) is 7.86. The Morgan fingerprint density at radius 1 is 1.07 bits per heavy atom. The van der Waals surface area contributed by atoms with E-state index in [1.807, 2.05) is 34.1 Å². The summed E-state index contributed by atoms with van der Waals surface area (Å²) in [5.41, 5.74) is 1.52. The molecule has 0 aliphatic carbocycles. The highest BCUT2D eigenvalue weighted by Gasteiger charge is 2.42. The number of nitrogens with zero attached hydrogens (tertiary/aromatic N) is 3. The summed E-state index contributed by atoms with van der Waals surface area (Å²) in [6.07, 6.45) is 3.85. The topological polar surface area (TPSA) is 53.1 Å². The highest BCUT2D eigenvalue weighted by molar-refractivity contribution is 8.03. The summed E-state index contributed by atoms with van der Waals surface area (Å²) >= 11 is 7.19. The number of fused-ring (bicyclic) bond motifs is 1. The smallest absolute Gasteiger partial charge is 0.294 e. The Kier molecular flexibility index (Phi) is 6.96. The molecule has 0 radical (unpaired) electrons. The van der Waals surface area contributed by atoms with Crippen LogP contribution in [0.1, 0.15) is 39.5 Å². The minimum atomic E-state index is -0.0686. The molecule has 0 saturated carbocycles. The van der Waals surface area contributed by atoms with Gasteiger partial charge in [-0.3, -0.25) is 19.4 Å². The second-order valence-corrected chi connectivity index (χ2v) is 8.04. The number of unbranched alkanes of at least 4 members (excludes halogenated alkanes) is 2. The first-order chi connectivity index (χ1) is 13.6. The number of para-hydroxylation sites is 1. The van der Waals surface area contributed by atoms with Crippen molar-refractivity contribution in [3.05, 3.63) is 35.0 Å². The average molecular weight is 420 g/mol. The number of carbonyl (C=O) groups excluding carboxylic acids is 2. The van der Waals surface area contributed by atoms with Crippen LogP contribution < -0.4 is 4.90 Å². The van der Waals surface area contributed by atoms with E-state index in [0.717, 1.165) is 41.3 Å². The van der Waals surface area contributed by atoms with Crippen molar-refractivity contribution in [3.8, 4) is 0 Å². The van der Waals surface area contributed by atoms with Crippen molar-refractivity contribution in [2.45, 2.75) is 44.4 Å². The highest BCUT2D eigenvalue weighted by Crippen LogP contribution is 2.48. The lowest BCUT2D eigenvalue weighted by molar-refractivity contribution is -0.128. The fraction of sp³-hybridized carbons (Fsp3) is 0.450. The molecule has 6 nitrogen and oxygen atoms in total. The molecule has 1 fully saturated rings. The van der Waals surface area contributed by atoms with Gasteiger partial charge in [0, 0.05) is 18.0 Å². The van der Waals surface area contributed by atoms with E-state index >= 15 is 0 Å². The minimum absolute atomic E-state index is 0.0585. The maximum atomic E-state index is 13.3. The lowest BCUT2D eigenvalue weighted by atomic mass is 10.3. The zero-order valence-corrected chi connectivity index (χ0v) is 17.9. The van der Waals surface area contributed by atoms with Gasteiger partial charge in [0.05, 0.1) is 5.69 Å². The van der Waals surface area contributed by atoms with Crippen LogP contribution in [0.4, 0.5) is 5.69 Å². The maximum absolute atomic E-state index is 13.3. The number of hydrogen-bond donors (Lipinski definition) is 0. The summed E-state index contributed by atoms with van der Waals surface area (Å²) in [5.74, 6) is -0.0686. The SMILES string of the molecule is CCCCN1C(=O)/C(=C2\Sc3ccccc3N2COC=O)N(CCCC)C1=S. The standard InChI is InChI=1S/C20H25N3O3S2/c1-3-5-11-21-17(18(25)22(20(21)27)12-6-4-2)19-23(13-26-14-24)15-9-7-8-10-16(15)28-19/h7-10,14H,3-6,11-13H2,1-2H3/b19-17+. The molecule has 0 N–H and O–H groups in total. The van der Waals surface area contributed by atoms with Crippen molar-refractivity contribution in [2.24, 2.45) is 0 Å². The lowest BCUT2D eigenvalue weighted by Gasteiger charge is -2.24. The number of thioether (sulfide) groups is 1. The number of benzene rings is 1. The van der Waals surface area contributed by atoms with Crippen molar-refractivity contribution in [2.75, 3.05) is 24.7 Å². The molecule has 2 heterocycles. The molecule has 8 heteroatoms. The van der Waals surface area contributed by atoms with Crippen LogP contribution in [0.3, 0.4) is 0 Å². The predicted octanol–water partition coefficient (Wildman–Crippen LogP) is 3.93. The van der Waals surface area contributed by atoms with E-state index in [4.69, 9.17) is 17.0 Å². The van der Waals surface area contributed by atoms with Gasteiger partial charge in [0.15, 0.2) is 11.8 Å². The molecule has 0 spiro atoms. The van der Waals surface area contributed by atoms with Gasteiger partial charge in [-0.25, -0.2) is 0 Å². The normalized spacial score (nSPS) is 18.9. The Hall–Kier alpha value is -2.06. The van der Waals surface area contributed by atoms with Crippen molar-refractivity contribution in [1.82, 2.24) is 9.80 Å². The molecule has 150 valence electrons. The molecule has 3 rings (SSSR count).